The molecule has 0 aliphatic rings. The number of anilines is 3. The lowest BCUT2D eigenvalue weighted by Crippen LogP contribution is -2.09. The van der Waals surface area contributed by atoms with Crippen molar-refractivity contribution in [2.45, 2.75) is 0 Å². The number of benzene rings is 10. The molecule has 0 N–H and O–H groups in total. The average Bonchev–Trinajstić information content (AvgIpc) is 3.30. The quantitative estimate of drug-likeness (QED) is 0.151. The molecule has 0 radical (unpaired) electrons. The SMILES string of the molecule is c1ccc(-c2ccccc2-c2cccc(-c3ccc(N(c4ccccc4)c4ccc(-c5cccc6cccc(-c7cccc8ccccc78)c56)cc4)cc3)c2)cc1. The zero-order valence-corrected chi connectivity index (χ0v) is 31.5. The standard InChI is InChI=1S/C56H39N/c1-3-15-41(16-4-1)50-25-9-10-27-52(50)46-22-11-21-45(39-46)40-31-35-48(36-32-40)57(47-23-5-2-6-24-47)49-37-33-43(34-38-49)53-28-13-19-44-20-14-30-55(56(44)53)54-29-12-18-42-17-7-8-26-51(42)54/h1-39H. The van der Waals surface area contributed by atoms with Gasteiger partial charge in [-0.15, -0.1) is 0 Å². The molecule has 0 saturated carbocycles. The van der Waals surface area contributed by atoms with Crippen molar-refractivity contribution >= 4 is 38.6 Å². The van der Waals surface area contributed by atoms with E-state index in [0.717, 1.165) is 17.1 Å². The third-order valence-corrected chi connectivity index (χ3v) is 11.1. The van der Waals surface area contributed by atoms with E-state index in [1.165, 1.54) is 77.2 Å². The summed E-state index contributed by atoms with van der Waals surface area (Å²) in [7, 11) is 0. The first-order valence-electron chi connectivity index (χ1n) is 19.6. The summed E-state index contributed by atoms with van der Waals surface area (Å²) in [4.78, 5) is 2.34. The number of fused-ring (bicyclic) bond motifs is 2. The molecule has 0 fully saturated rings. The molecule has 0 amide bonds. The van der Waals surface area contributed by atoms with Gasteiger partial charge in [-0.05, 0) is 120 Å². The molecule has 0 spiro atoms. The third kappa shape index (κ3) is 6.56. The van der Waals surface area contributed by atoms with Crippen LogP contribution in [-0.2, 0) is 0 Å². The van der Waals surface area contributed by atoms with Crippen molar-refractivity contribution in [2.24, 2.45) is 0 Å². The Labute approximate surface area is 334 Å². The summed E-state index contributed by atoms with van der Waals surface area (Å²) in [5.41, 5.74) is 15.5. The van der Waals surface area contributed by atoms with Crippen LogP contribution >= 0.6 is 0 Å². The van der Waals surface area contributed by atoms with Gasteiger partial charge in [0.25, 0.3) is 0 Å². The molecule has 0 saturated heterocycles. The number of para-hydroxylation sites is 1. The van der Waals surface area contributed by atoms with Crippen molar-refractivity contribution in [1.82, 2.24) is 0 Å². The summed E-state index contributed by atoms with van der Waals surface area (Å²) in [6.07, 6.45) is 0. The van der Waals surface area contributed by atoms with Crippen molar-refractivity contribution in [1.29, 1.82) is 0 Å². The predicted molar refractivity (Wildman–Crippen MR) is 243 cm³/mol. The van der Waals surface area contributed by atoms with E-state index < -0.39 is 0 Å². The molecule has 1 nitrogen and oxygen atoms in total. The van der Waals surface area contributed by atoms with Gasteiger partial charge in [-0.1, -0.05) is 194 Å². The molecule has 0 unspecified atom stereocenters. The largest absolute Gasteiger partial charge is 0.311 e. The van der Waals surface area contributed by atoms with E-state index in [9.17, 15) is 0 Å². The van der Waals surface area contributed by atoms with Crippen LogP contribution < -0.4 is 4.90 Å². The minimum atomic E-state index is 1.10. The fourth-order valence-electron chi connectivity index (χ4n) is 8.35. The fourth-order valence-corrected chi connectivity index (χ4v) is 8.35. The van der Waals surface area contributed by atoms with Gasteiger partial charge in [0.15, 0.2) is 0 Å². The number of nitrogens with zero attached hydrogens (tertiary/aromatic N) is 1. The smallest absolute Gasteiger partial charge is 0.0462 e. The van der Waals surface area contributed by atoms with Crippen LogP contribution in [0.1, 0.15) is 0 Å². The molecule has 57 heavy (non-hydrogen) atoms. The van der Waals surface area contributed by atoms with Gasteiger partial charge in [0, 0.05) is 17.1 Å². The van der Waals surface area contributed by atoms with Crippen molar-refractivity contribution in [2.75, 3.05) is 4.90 Å². The maximum Gasteiger partial charge on any atom is 0.0462 e. The molecular weight excluding hydrogens is 687 g/mol. The molecule has 0 aliphatic carbocycles. The lowest BCUT2D eigenvalue weighted by atomic mass is 9.89. The van der Waals surface area contributed by atoms with Gasteiger partial charge in [0.1, 0.15) is 0 Å². The van der Waals surface area contributed by atoms with E-state index in [0.29, 0.717) is 0 Å². The number of rotatable bonds is 8. The van der Waals surface area contributed by atoms with Gasteiger partial charge in [-0.2, -0.15) is 0 Å². The lowest BCUT2D eigenvalue weighted by Gasteiger charge is -2.26. The first kappa shape index (κ1) is 34.0. The minimum absolute atomic E-state index is 1.10. The molecule has 0 atom stereocenters. The predicted octanol–water partition coefficient (Wildman–Crippen LogP) is 15.8. The zero-order chi connectivity index (χ0) is 38.0. The first-order chi connectivity index (χ1) is 28.3. The Morgan fingerprint density at radius 1 is 0.228 bits per heavy atom. The molecule has 10 aromatic carbocycles. The van der Waals surface area contributed by atoms with Gasteiger partial charge in [-0.3, -0.25) is 0 Å². The molecule has 1 heteroatoms. The van der Waals surface area contributed by atoms with Crippen molar-refractivity contribution in [3.63, 3.8) is 0 Å². The van der Waals surface area contributed by atoms with Crippen LogP contribution in [0.15, 0.2) is 237 Å². The summed E-state index contributed by atoms with van der Waals surface area (Å²) < 4.78 is 0. The summed E-state index contributed by atoms with van der Waals surface area (Å²) >= 11 is 0. The van der Waals surface area contributed by atoms with E-state index in [1.807, 2.05) is 0 Å². The highest BCUT2D eigenvalue weighted by atomic mass is 15.1. The Morgan fingerprint density at radius 2 is 0.667 bits per heavy atom. The highest BCUT2D eigenvalue weighted by Crippen LogP contribution is 2.42. The van der Waals surface area contributed by atoms with Gasteiger partial charge in [0.05, 0.1) is 0 Å². The normalized spacial score (nSPS) is 11.2. The fraction of sp³-hybridized carbons (Fsp3) is 0. The van der Waals surface area contributed by atoms with Crippen LogP contribution in [0.3, 0.4) is 0 Å². The third-order valence-electron chi connectivity index (χ3n) is 11.1. The van der Waals surface area contributed by atoms with Crippen LogP contribution in [0.2, 0.25) is 0 Å². The second kappa shape index (κ2) is 15.0. The molecule has 0 heterocycles. The molecule has 10 rings (SSSR count). The monoisotopic (exact) mass is 725 g/mol. The van der Waals surface area contributed by atoms with Crippen molar-refractivity contribution < 1.29 is 0 Å². The molecule has 0 aromatic heterocycles. The number of hydrogen-bond donors (Lipinski definition) is 0. The van der Waals surface area contributed by atoms with E-state index in [1.54, 1.807) is 0 Å². The Balaban J connectivity index is 1.00. The number of hydrogen-bond acceptors (Lipinski definition) is 1. The highest BCUT2D eigenvalue weighted by Gasteiger charge is 2.16. The highest BCUT2D eigenvalue weighted by molar-refractivity contribution is 6.11. The van der Waals surface area contributed by atoms with Gasteiger partial charge in [-0.25, -0.2) is 0 Å². The van der Waals surface area contributed by atoms with Gasteiger partial charge < -0.3 is 4.90 Å². The van der Waals surface area contributed by atoms with Crippen molar-refractivity contribution in [3.8, 4) is 55.6 Å². The molecular formula is C56H39N. The second-order valence-corrected chi connectivity index (χ2v) is 14.5. The zero-order valence-electron chi connectivity index (χ0n) is 31.5. The Morgan fingerprint density at radius 3 is 1.39 bits per heavy atom. The topological polar surface area (TPSA) is 3.24 Å². The Kier molecular flexibility index (Phi) is 8.95. The molecule has 0 aliphatic heterocycles. The maximum atomic E-state index is 2.34. The molecule has 268 valence electrons. The van der Waals surface area contributed by atoms with E-state index in [-0.39, 0.29) is 0 Å². The molecule has 0 bridgehead atoms. The molecule has 10 aromatic rings. The first-order valence-corrected chi connectivity index (χ1v) is 19.6. The van der Waals surface area contributed by atoms with Crippen molar-refractivity contribution in [3.05, 3.63) is 237 Å². The lowest BCUT2D eigenvalue weighted by molar-refractivity contribution is 1.28. The van der Waals surface area contributed by atoms with E-state index >= 15 is 0 Å². The summed E-state index contributed by atoms with van der Waals surface area (Å²) in [5, 5.41) is 5.02. The van der Waals surface area contributed by atoms with Crippen LogP contribution in [-0.4, -0.2) is 0 Å². The average molecular weight is 726 g/mol. The van der Waals surface area contributed by atoms with E-state index in [4.69, 9.17) is 0 Å². The van der Waals surface area contributed by atoms with Crippen LogP contribution in [0, 0.1) is 0 Å². The summed E-state index contributed by atoms with van der Waals surface area (Å²) in [5.74, 6) is 0. The second-order valence-electron chi connectivity index (χ2n) is 14.5. The van der Waals surface area contributed by atoms with Crippen LogP contribution in [0.4, 0.5) is 17.1 Å². The van der Waals surface area contributed by atoms with Gasteiger partial charge in [0.2, 0.25) is 0 Å². The summed E-state index contributed by atoms with van der Waals surface area (Å²) in [6, 6.07) is 85.5. The van der Waals surface area contributed by atoms with E-state index in [2.05, 4.69) is 241 Å². The Hall–Kier alpha value is -7.48. The summed E-state index contributed by atoms with van der Waals surface area (Å²) in [6.45, 7) is 0. The maximum absolute atomic E-state index is 2.34. The van der Waals surface area contributed by atoms with Gasteiger partial charge >= 0.3 is 0 Å². The Bertz CT molecular complexity index is 2970. The van der Waals surface area contributed by atoms with Crippen LogP contribution in [0.5, 0.6) is 0 Å². The van der Waals surface area contributed by atoms with Crippen LogP contribution in [0.25, 0.3) is 77.2 Å². The minimum Gasteiger partial charge on any atom is -0.311 e.